The van der Waals surface area contributed by atoms with Crippen molar-refractivity contribution in [2.75, 3.05) is 52.9 Å². The molecule has 1 unspecified atom stereocenters. The molecule has 74 heavy (non-hydrogen) atoms. The number of benzene rings is 2. The Labute approximate surface area is 481 Å². The lowest BCUT2D eigenvalue weighted by atomic mass is 9.88. The molecule has 5 heterocycles. The van der Waals surface area contributed by atoms with E-state index >= 15 is 0 Å². The van der Waals surface area contributed by atoms with Crippen LogP contribution in [0.4, 0.5) is 4.79 Å². The number of rotatable bonds is 8. The smallest absolute Gasteiger partial charge is 0.410 e. The fourth-order valence-corrected chi connectivity index (χ4v) is 14.1. The second-order valence-electron chi connectivity index (χ2n) is 21.4. The third-order valence-corrected chi connectivity index (χ3v) is 17.7. The topological polar surface area (TPSA) is 108 Å². The molecule has 0 bridgehead atoms. The van der Waals surface area contributed by atoms with Gasteiger partial charge in [-0.15, -0.1) is 0 Å². The fraction of sp³-hybridized carbons (Fsp3) is 0.500. The number of piperidine rings is 3. The van der Waals surface area contributed by atoms with Gasteiger partial charge in [-0.3, -0.25) is 19.6 Å². The van der Waals surface area contributed by atoms with Crippen molar-refractivity contribution in [2.45, 2.75) is 123 Å². The number of carbonyl (C=O) groups is 3. The number of likely N-dealkylation sites (tertiary alicyclic amines) is 3. The number of hydrogen-bond donors (Lipinski definition) is 1. The first-order valence-electron chi connectivity index (χ1n) is 26.3. The molecule has 0 saturated carbocycles. The van der Waals surface area contributed by atoms with E-state index < -0.39 is 5.60 Å². The Hall–Kier alpha value is -3.11. The first-order valence-corrected chi connectivity index (χ1v) is 30.2. The van der Waals surface area contributed by atoms with Crippen molar-refractivity contribution in [1.82, 2.24) is 30.0 Å². The van der Waals surface area contributed by atoms with Crippen LogP contribution in [0.5, 0.6) is 0 Å². The minimum Gasteiger partial charge on any atom is -0.444 e. The minimum absolute atomic E-state index is 0.219. The van der Waals surface area contributed by atoms with Crippen LogP contribution in [-0.4, -0.2) is 101 Å². The fourth-order valence-electron chi connectivity index (χ4n) is 11.2. The molecule has 9 rings (SSSR count). The second kappa shape index (κ2) is 25.6. The maximum Gasteiger partial charge on any atom is 0.410 e. The molecule has 2 aromatic heterocycles. The van der Waals surface area contributed by atoms with E-state index in [4.69, 9.17) is 37.9 Å². The van der Waals surface area contributed by atoms with Gasteiger partial charge in [-0.2, -0.15) is 0 Å². The van der Waals surface area contributed by atoms with E-state index in [2.05, 4.69) is 105 Å². The summed E-state index contributed by atoms with van der Waals surface area (Å²) in [7, 11) is 1.97. The van der Waals surface area contributed by atoms with E-state index in [0.29, 0.717) is 56.8 Å². The highest BCUT2D eigenvalue weighted by Gasteiger charge is 2.33. The standard InChI is InChI=1S/C31H36Br2ClN3O3.C27H32Br2ClN3O/c1-31(2,3)40-30(39)37-10-6-19(7-11-37)14-26(38)36-12-8-20(9-13-36)28-27-21(16-24(34)17-25(27)33)4-5-22-15-23(32)18-35-29(22)28;1-3-17(6-9-31-2)12-24(34)33-10-7-18(8-11-33)26-25-19(14-22(30)15-23(25)29)4-5-20-13-21(28)16-32-27(20)26/h15-19H,4-14H2,1-3H3;13-17,31H,3-12H2,1-2H3. The largest absolute Gasteiger partial charge is 0.444 e. The van der Waals surface area contributed by atoms with Crippen LogP contribution < -0.4 is 5.32 Å². The van der Waals surface area contributed by atoms with E-state index in [0.717, 1.165) is 136 Å². The molecule has 3 aliphatic heterocycles. The SMILES string of the molecule is CC(C)(C)OC(=O)N1CCC(CC(=O)N2CCC(=C3c4ncc(Br)cc4CCc4cc(Cl)cc(Br)c43)CC2)CC1.CCC(CCNC)CC(=O)N1CCC(=C2c3ncc(Br)cc3CCc3cc(Cl)cc(Br)c32)CC1. The Bertz CT molecular complexity index is 2800. The maximum atomic E-state index is 13.3. The summed E-state index contributed by atoms with van der Waals surface area (Å²) in [5.41, 5.74) is 14.1. The molecule has 3 amide bonds. The number of ether oxygens (including phenoxy) is 1. The highest BCUT2D eigenvalue weighted by atomic mass is 79.9. The number of aromatic nitrogens is 2. The molecule has 1 N–H and O–H groups in total. The van der Waals surface area contributed by atoms with Crippen molar-refractivity contribution in [2.24, 2.45) is 11.8 Å². The number of nitrogens with zero attached hydrogens (tertiary/aromatic N) is 5. The Morgan fingerprint density at radius 3 is 1.57 bits per heavy atom. The van der Waals surface area contributed by atoms with Crippen LogP contribution in [0, 0.1) is 11.8 Å². The van der Waals surface area contributed by atoms with Gasteiger partial charge in [-0.25, -0.2) is 4.79 Å². The number of aryl methyl sites for hydroxylation is 4. The molecule has 10 nitrogen and oxygen atoms in total. The summed E-state index contributed by atoms with van der Waals surface area (Å²) >= 11 is 27.7. The van der Waals surface area contributed by atoms with Gasteiger partial charge in [0.25, 0.3) is 0 Å². The molecule has 16 heteroatoms. The third-order valence-electron chi connectivity index (χ3n) is 15.2. The molecule has 1 atom stereocenters. The van der Waals surface area contributed by atoms with Gasteiger partial charge < -0.3 is 24.8 Å². The van der Waals surface area contributed by atoms with Gasteiger partial charge in [0.05, 0.1) is 11.4 Å². The zero-order valence-electron chi connectivity index (χ0n) is 43.3. The number of pyridine rings is 2. The van der Waals surface area contributed by atoms with Gasteiger partial charge in [0, 0.05) is 115 Å². The van der Waals surface area contributed by atoms with Crippen LogP contribution in [0.15, 0.2) is 77.8 Å². The maximum absolute atomic E-state index is 13.3. The van der Waals surface area contributed by atoms with Gasteiger partial charge in [0.15, 0.2) is 0 Å². The minimum atomic E-state index is -0.497. The van der Waals surface area contributed by atoms with Gasteiger partial charge in [-0.1, -0.05) is 79.6 Å². The average Bonchev–Trinajstić information content (AvgIpc) is 3.63. The Morgan fingerprint density at radius 1 is 0.662 bits per heavy atom. The lowest BCUT2D eigenvalue weighted by Gasteiger charge is -2.35. The van der Waals surface area contributed by atoms with E-state index in [-0.39, 0.29) is 12.0 Å². The van der Waals surface area contributed by atoms with Crippen molar-refractivity contribution < 1.29 is 19.1 Å². The van der Waals surface area contributed by atoms with Crippen LogP contribution in [0.3, 0.4) is 0 Å². The average molecular weight is 1300 g/mol. The van der Waals surface area contributed by atoms with Crippen molar-refractivity contribution in [3.8, 4) is 0 Å². The molecule has 2 aliphatic carbocycles. The highest BCUT2D eigenvalue weighted by molar-refractivity contribution is 9.11. The predicted molar refractivity (Wildman–Crippen MR) is 313 cm³/mol. The highest BCUT2D eigenvalue weighted by Crippen LogP contribution is 2.45. The Morgan fingerprint density at radius 2 is 1.12 bits per heavy atom. The van der Waals surface area contributed by atoms with E-state index in [9.17, 15) is 14.4 Å². The van der Waals surface area contributed by atoms with Crippen molar-refractivity contribution >= 4 is 116 Å². The zero-order valence-corrected chi connectivity index (χ0v) is 51.1. The van der Waals surface area contributed by atoms with Crippen molar-refractivity contribution in [1.29, 1.82) is 0 Å². The summed E-state index contributed by atoms with van der Waals surface area (Å²) in [5.74, 6) is 1.26. The molecule has 3 saturated heterocycles. The summed E-state index contributed by atoms with van der Waals surface area (Å²) in [6.45, 7) is 13.0. The van der Waals surface area contributed by atoms with Crippen molar-refractivity contribution in [3.05, 3.63) is 133 Å². The van der Waals surface area contributed by atoms with Crippen LogP contribution in [0.2, 0.25) is 10.0 Å². The summed E-state index contributed by atoms with van der Waals surface area (Å²) in [6.07, 6.45) is 15.5. The molecular formula is C58H68Br4Cl2N6O4. The van der Waals surface area contributed by atoms with E-state index in [1.54, 1.807) is 4.90 Å². The molecule has 396 valence electrons. The normalized spacial score (nSPS) is 17.5. The first-order chi connectivity index (χ1) is 35.4. The molecule has 5 aliphatic rings. The van der Waals surface area contributed by atoms with Crippen LogP contribution >= 0.6 is 86.9 Å². The Balaban J connectivity index is 0.000000200. The lowest BCUT2D eigenvalue weighted by molar-refractivity contribution is -0.133. The summed E-state index contributed by atoms with van der Waals surface area (Å²) in [6, 6.07) is 12.5. The molecule has 3 fully saturated rings. The number of carbonyl (C=O) groups excluding carboxylic acids is 3. The molecule has 0 radical (unpaired) electrons. The van der Waals surface area contributed by atoms with Gasteiger partial charge in [-0.05, 0) is 207 Å². The van der Waals surface area contributed by atoms with Crippen LogP contribution in [0.25, 0.3) is 11.1 Å². The first kappa shape index (κ1) is 57.1. The van der Waals surface area contributed by atoms with Gasteiger partial charge in [0.1, 0.15) is 5.60 Å². The predicted octanol–water partition coefficient (Wildman–Crippen LogP) is 14.6. The molecule has 2 aromatic carbocycles. The summed E-state index contributed by atoms with van der Waals surface area (Å²) in [4.78, 5) is 54.4. The molecular weight excluding hydrogens is 1240 g/mol. The third kappa shape index (κ3) is 14.1. The quantitative estimate of drug-likeness (QED) is 0.187. The van der Waals surface area contributed by atoms with Crippen molar-refractivity contribution in [3.63, 3.8) is 0 Å². The number of amides is 3. The number of hydrogen-bond acceptors (Lipinski definition) is 7. The monoisotopic (exact) mass is 1300 g/mol. The number of halogens is 6. The van der Waals surface area contributed by atoms with Gasteiger partial charge in [0.2, 0.25) is 11.8 Å². The molecule has 0 spiro atoms. The van der Waals surface area contributed by atoms with E-state index in [1.165, 1.54) is 55.7 Å². The van der Waals surface area contributed by atoms with E-state index in [1.807, 2.05) is 57.2 Å². The number of fused-ring (bicyclic) bond motifs is 4. The zero-order chi connectivity index (χ0) is 52.8. The Kier molecular flexibility index (Phi) is 19.7. The second-order valence-corrected chi connectivity index (χ2v) is 25.8. The summed E-state index contributed by atoms with van der Waals surface area (Å²) < 4.78 is 9.51. The lowest BCUT2D eigenvalue weighted by Crippen LogP contribution is -2.43. The van der Waals surface area contributed by atoms with Crippen LogP contribution in [-0.2, 0) is 40.0 Å². The van der Waals surface area contributed by atoms with Gasteiger partial charge >= 0.3 is 6.09 Å². The summed E-state index contributed by atoms with van der Waals surface area (Å²) in [5, 5.41) is 4.69. The van der Waals surface area contributed by atoms with Crippen LogP contribution in [0.1, 0.15) is 137 Å². The number of nitrogens with one attached hydrogen (secondary N) is 1. The molecule has 4 aromatic rings.